The minimum Gasteiger partial charge on any atom is -0.368 e. The number of anilines is 2. The van der Waals surface area contributed by atoms with Crippen LogP contribution < -0.4 is 10.3 Å². The Bertz CT molecular complexity index is 725. The van der Waals surface area contributed by atoms with Crippen LogP contribution in [0, 0.1) is 0 Å². The highest BCUT2D eigenvalue weighted by Crippen LogP contribution is 2.25. The van der Waals surface area contributed by atoms with Crippen LogP contribution in [-0.4, -0.2) is 44.3 Å². The van der Waals surface area contributed by atoms with Gasteiger partial charge in [-0.3, -0.25) is 5.43 Å². The fourth-order valence-corrected chi connectivity index (χ4v) is 3.02. The Labute approximate surface area is 152 Å². The number of nitrogens with zero attached hydrogens (tertiary/aromatic N) is 3. The third-order valence-electron chi connectivity index (χ3n) is 4.10. The molecule has 0 unspecified atom stereocenters. The molecule has 3 rings (SSSR count). The molecule has 4 nitrogen and oxygen atoms in total. The van der Waals surface area contributed by atoms with E-state index in [1.165, 1.54) is 5.69 Å². The third-order valence-corrected chi connectivity index (χ3v) is 4.66. The summed E-state index contributed by atoms with van der Waals surface area (Å²) >= 11 is 12.1. The second-order valence-electron chi connectivity index (χ2n) is 5.84. The number of piperazine rings is 1. The molecule has 6 heteroatoms. The number of hydrogen-bond acceptors (Lipinski definition) is 4. The van der Waals surface area contributed by atoms with Gasteiger partial charge < -0.3 is 9.80 Å². The first kappa shape index (κ1) is 17.1. The summed E-state index contributed by atoms with van der Waals surface area (Å²) in [6, 6.07) is 13.5. The van der Waals surface area contributed by atoms with Crippen molar-refractivity contribution in [1.29, 1.82) is 0 Å². The van der Waals surface area contributed by atoms with Crippen molar-refractivity contribution in [3.05, 3.63) is 58.1 Å². The van der Waals surface area contributed by atoms with E-state index in [1.807, 2.05) is 12.3 Å². The Kier molecular flexibility index (Phi) is 5.61. The van der Waals surface area contributed by atoms with E-state index in [2.05, 4.69) is 45.6 Å². The van der Waals surface area contributed by atoms with Crippen molar-refractivity contribution in [2.45, 2.75) is 0 Å². The van der Waals surface area contributed by atoms with Crippen molar-refractivity contribution in [3.63, 3.8) is 0 Å². The Morgan fingerprint density at radius 3 is 2.58 bits per heavy atom. The number of rotatable bonds is 4. The van der Waals surface area contributed by atoms with Crippen molar-refractivity contribution in [2.24, 2.45) is 5.10 Å². The summed E-state index contributed by atoms with van der Waals surface area (Å²) in [4.78, 5) is 4.74. The molecular formula is C18H20Cl2N4. The molecule has 2 aromatic carbocycles. The van der Waals surface area contributed by atoms with Gasteiger partial charge in [0.05, 0.1) is 16.9 Å². The molecule has 0 spiro atoms. The Morgan fingerprint density at radius 1 is 1.04 bits per heavy atom. The second kappa shape index (κ2) is 7.88. The highest BCUT2D eigenvalue weighted by molar-refractivity contribution is 6.35. The number of hydrazone groups is 1. The van der Waals surface area contributed by atoms with Gasteiger partial charge in [-0.25, -0.2) is 0 Å². The normalized spacial score (nSPS) is 15.9. The van der Waals surface area contributed by atoms with Gasteiger partial charge in [-0.15, -0.1) is 0 Å². The first-order chi connectivity index (χ1) is 11.6. The van der Waals surface area contributed by atoms with Crippen molar-refractivity contribution >= 4 is 40.8 Å². The number of nitrogens with one attached hydrogen (secondary N) is 1. The van der Waals surface area contributed by atoms with Crippen LogP contribution in [0.1, 0.15) is 5.56 Å². The maximum atomic E-state index is 6.14. The number of benzene rings is 2. The summed E-state index contributed by atoms with van der Waals surface area (Å²) in [5, 5.41) is 5.54. The second-order valence-corrected chi connectivity index (χ2v) is 6.69. The zero-order valence-electron chi connectivity index (χ0n) is 13.5. The number of para-hydroxylation sites is 1. The summed E-state index contributed by atoms with van der Waals surface area (Å²) in [7, 11) is 2.16. The van der Waals surface area contributed by atoms with Gasteiger partial charge in [-0.05, 0) is 31.3 Å². The molecule has 0 amide bonds. The molecule has 1 fully saturated rings. The van der Waals surface area contributed by atoms with Gasteiger partial charge in [-0.1, -0.05) is 41.4 Å². The van der Waals surface area contributed by atoms with Crippen LogP contribution in [0.4, 0.5) is 11.4 Å². The van der Waals surface area contributed by atoms with Crippen LogP contribution in [0.5, 0.6) is 0 Å². The van der Waals surface area contributed by atoms with Crippen molar-refractivity contribution in [1.82, 2.24) is 4.90 Å². The Hall–Kier alpha value is -1.75. The fourth-order valence-electron chi connectivity index (χ4n) is 2.69. The molecule has 126 valence electrons. The monoisotopic (exact) mass is 362 g/mol. The molecule has 0 saturated carbocycles. The molecule has 0 atom stereocenters. The Balaban J connectivity index is 1.74. The predicted octanol–water partition coefficient (Wildman–Crippen LogP) is 4.19. The van der Waals surface area contributed by atoms with Crippen molar-refractivity contribution < 1.29 is 0 Å². The minimum absolute atomic E-state index is 0.587. The van der Waals surface area contributed by atoms with E-state index in [-0.39, 0.29) is 0 Å². The highest BCUT2D eigenvalue weighted by atomic mass is 35.5. The van der Waals surface area contributed by atoms with E-state index in [0.29, 0.717) is 15.7 Å². The highest BCUT2D eigenvalue weighted by Gasteiger charge is 2.15. The summed E-state index contributed by atoms with van der Waals surface area (Å²) in [6.45, 7) is 4.19. The molecule has 1 aliphatic rings. The van der Waals surface area contributed by atoms with E-state index in [9.17, 15) is 0 Å². The number of likely N-dealkylation sites (N-methyl/N-ethyl adjacent to an activating group) is 1. The average molecular weight is 363 g/mol. The smallest absolute Gasteiger partial charge is 0.0762 e. The van der Waals surface area contributed by atoms with Crippen molar-refractivity contribution in [3.8, 4) is 0 Å². The molecule has 1 N–H and O–H groups in total. The van der Waals surface area contributed by atoms with E-state index in [0.717, 1.165) is 31.7 Å². The summed E-state index contributed by atoms with van der Waals surface area (Å²) in [5.41, 5.74) is 5.94. The van der Waals surface area contributed by atoms with Crippen LogP contribution in [0.25, 0.3) is 0 Å². The molecule has 0 bridgehead atoms. The third kappa shape index (κ3) is 4.20. The first-order valence-electron chi connectivity index (χ1n) is 7.90. The molecule has 0 aliphatic carbocycles. The van der Waals surface area contributed by atoms with E-state index < -0.39 is 0 Å². The number of halogens is 2. The quantitative estimate of drug-likeness (QED) is 0.653. The SMILES string of the molecule is CN1CCN(c2ccccc2/C=N/Nc2cc(Cl)ccc2Cl)CC1. The molecule has 1 heterocycles. The molecule has 0 radical (unpaired) electrons. The summed E-state index contributed by atoms with van der Waals surface area (Å²) in [6.07, 6.45) is 1.82. The number of hydrogen-bond donors (Lipinski definition) is 1. The molecule has 24 heavy (non-hydrogen) atoms. The van der Waals surface area contributed by atoms with Crippen LogP contribution in [0.2, 0.25) is 10.0 Å². The first-order valence-corrected chi connectivity index (χ1v) is 8.66. The topological polar surface area (TPSA) is 30.9 Å². The van der Waals surface area contributed by atoms with Gasteiger partial charge in [0, 0.05) is 42.5 Å². The molecule has 1 aliphatic heterocycles. The van der Waals surface area contributed by atoms with Gasteiger partial charge in [0.1, 0.15) is 0 Å². The van der Waals surface area contributed by atoms with Crippen LogP contribution in [0.3, 0.4) is 0 Å². The van der Waals surface area contributed by atoms with Crippen LogP contribution in [-0.2, 0) is 0 Å². The maximum Gasteiger partial charge on any atom is 0.0762 e. The minimum atomic E-state index is 0.587. The van der Waals surface area contributed by atoms with Gasteiger partial charge >= 0.3 is 0 Å². The van der Waals surface area contributed by atoms with Gasteiger partial charge in [0.2, 0.25) is 0 Å². The predicted molar refractivity (Wildman–Crippen MR) is 104 cm³/mol. The largest absolute Gasteiger partial charge is 0.368 e. The summed E-state index contributed by atoms with van der Waals surface area (Å²) < 4.78 is 0. The average Bonchev–Trinajstić information content (AvgIpc) is 2.59. The standard InChI is InChI=1S/C18H20Cl2N4/c1-23-8-10-24(11-9-23)18-5-3-2-4-14(18)13-21-22-17-12-15(19)6-7-16(17)20/h2-7,12-13,22H,8-11H2,1H3/b21-13+. The van der Waals surface area contributed by atoms with Crippen LogP contribution >= 0.6 is 23.2 Å². The molecule has 0 aromatic heterocycles. The zero-order chi connectivity index (χ0) is 16.9. The lowest BCUT2D eigenvalue weighted by atomic mass is 10.1. The fraction of sp³-hybridized carbons (Fsp3) is 0.278. The molecule has 1 saturated heterocycles. The lowest BCUT2D eigenvalue weighted by Crippen LogP contribution is -2.44. The van der Waals surface area contributed by atoms with E-state index in [4.69, 9.17) is 23.2 Å². The van der Waals surface area contributed by atoms with E-state index >= 15 is 0 Å². The lowest BCUT2D eigenvalue weighted by Gasteiger charge is -2.34. The van der Waals surface area contributed by atoms with Crippen LogP contribution in [0.15, 0.2) is 47.6 Å². The Morgan fingerprint density at radius 2 is 1.79 bits per heavy atom. The zero-order valence-corrected chi connectivity index (χ0v) is 15.1. The van der Waals surface area contributed by atoms with Gasteiger partial charge in [0.25, 0.3) is 0 Å². The van der Waals surface area contributed by atoms with Gasteiger partial charge in [-0.2, -0.15) is 5.10 Å². The molecule has 2 aromatic rings. The van der Waals surface area contributed by atoms with Crippen molar-refractivity contribution in [2.75, 3.05) is 43.6 Å². The van der Waals surface area contributed by atoms with E-state index in [1.54, 1.807) is 18.2 Å². The lowest BCUT2D eigenvalue weighted by molar-refractivity contribution is 0.313. The maximum absolute atomic E-state index is 6.14. The summed E-state index contributed by atoms with van der Waals surface area (Å²) in [5.74, 6) is 0. The molecular weight excluding hydrogens is 343 g/mol. The van der Waals surface area contributed by atoms with Gasteiger partial charge in [0.15, 0.2) is 0 Å².